The molecule has 1 fully saturated rings. The lowest BCUT2D eigenvalue weighted by Gasteiger charge is -2.35. The summed E-state index contributed by atoms with van der Waals surface area (Å²) in [5.41, 5.74) is 3.23. The Balaban J connectivity index is 1.37. The Morgan fingerprint density at radius 1 is 0.854 bits per heavy atom. The van der Waals surface area contributed by atoms with Gasteiger partial charge in [-0.05, 0) is 62.8 Å². The molecule has 0 aliphatic carbocycles. The number of carbonyl (C=O) groups is 2. The first-order valence-corrected chi connectivity index (χ1v) is 14.5. The summed E-state index contributed by atoms with van der Waals surface area (Å²) in [6, 6.07) is 27.3. The van der Waals surface area contributed by atoms with Gasteiger partial charge in [-0.1, -0.05) is 78.9 Å². The number of nitrogens with zero attached hydrogens (tertiary/aromatic N) is 2. The molecule has 1 saturated heterocycles. The van der Waals surface area contributed by atoms with Crippen LogP contribution in [0.3, 0.4) is 0 Å². The molecular formula is C34H43N3O4. The van der Waals surface area contributed by atoms with Crippen molar-refractivity contribution in [2.75, 3.05) is 26.2 Å². The standard InChI is InChI=1S/C34H43N3O4/c1-34(2,3)41-33(40)35-30(24-26-12-6-4-7-13-26)31(38)19-18-28-16-10-11-17-29(28)32(39)37-22-20-36(21-23-37)25-27-14-8-5-9-15-27/h4-17,30-31,38H,18-25H2,1-3H3,(H,35,40). The molecule has 1 heterocycles. The second-order valence-corrected chi connectivity index (χ2v) is 11.8. The van der Waals surface area contributed by atoms with Crippen molar-refractivity contribution in [3.05, 3.63) is 107 Å². The number of aliphatic hydroxyl groups is 1. The topological polar surface area (TPSA) is 82.1 Å². The average Bonchev–Trinajstić information content (AvgIpc) is 2.96. The van der Waals surface area contributed by atoms with Crippen molar-refractivity contribution in [2.45, 2.75) is 64.3 Å². The van der Waals surface area contributed by atoms with Crippen LogP contribution in [-0.2, 0) is 24.1 Å². The Morgan fingerprint density at radius 3 is 2.07 bits per heavy atom. The van der Waals surface area contributed by atoms with Crippen molar-refractivity contribution in [3.63, 3.8) is 0 Å². The van der Waals surface area contributed by atoms with Gasteiger partial charge in [-0.15, -0.1) is 0 Å². The van der Waals surface area contributed by atoms with E-state index in [9.17, 15) is 14.7 Å². The van der Waals surface area contributed by atoms with Crippen LogP contribution in [0.5, 0.6) is 0 Å². The normalized spacial score (nSPS) is 15.7. The number of hydrogen-bond acceptors (Lipinski definition) is 5. The largest absolute Gasteiger partial charge is 0.444 e. The third-order valence-corrected chi connectivity index (χ3v) is 7.33. The lowest BCUT2D eigenvalue weighted by Crippen LogP contribution is -2.48. The first-order chi connectivity index (χ1) is 19.7. The number of aryl methyl sites for hydroxylation is 1. The number of piperazine rings is 1. The number of benzene rings is 3. The zero-order valence-corrected chi connectivity index (χ0v) is 24.5. The fourth-order valence-corrected chi connectivity index (χ4v) is 5.18. The van der Waals surface area contributed by atoms with E-state index in [1.54, 1.807) is 0 Å². The van der Waals surface area contributed by atoms with E-state index in [1.165, 1.54) is 5.56 Å². The maximum Gasteiger partial charge on any atom is 0.407 e. The summed E-state index contributed by atoms with van der Waals surface area (Å²) in [6.45, 7) is 9.35. The minimum atomic E-state index is -0.826. The number of carbonyl (C=O) groups excluding carboxylic acids is 2. The van der Waals surface area contributed by atoms with Crippen LogP contribution in [0.2, 0.25) is 0 Å². The molecule has 0 aromatic heterocycles. The van der Waals surface area contributed by atoms with Crippen LogP contribution < -0.4 is 5.32 Å². The van der Waals surface area contributed by atoms with Gasteiger partial charge in [-0.3, -0.25) is 9.69 Å². The summed E-state index contributed by atoms with van der Waals surface area (Å²) in [4.78, 5) is 30.4. The molecule has 4 rings (SSSR count). The van der Waals surface area contributed by atoms with Crippen molar-refractivity contribution in [1.29, 1.82) is 0 Å². The van der Waals surface area contributed by atoms with Crippen molar-refractivity contribution in [3.8, 4) is 0 Å². The van der Waals surface area contributed by atoms with E-state index in [2.05, 4.69) is 34.5 Å². The fraction of sp³-hybridized carbons (Fsp3) is 0.412. The second kappa shape index (κ2) is 14.3. The van der Waals surface area contributed by atoms with Crippen LogP contribution >= 0.6 is 0 Å². The lowest BCUT2D eigenvalue weighted by atomic mass is 9.94. The molecular weight excluding hydrogens is 514 g/mol. The zero-order chi connectivity index (χ0) is 29.2. The highest BCUT2D eigenvalue weighted by Crippen LogP contribution is 2.19. The van der Waals surface area contributed by atoms with Crippen molar-refractivity contribution >= 4 is 12.0 Å². The van der Waals surface area contributed by atoms with E-state index in [-0.39, 0.29) is 5.91 Å². The molecule has 7 nitrogen and oxygen atoms in total. The van der Waals surface area contributed by atoms with Gasteiger partial charge in [-0.25, -0.2) is 4.79 Å². The molecule has 3 aromatic rings. The van der Waals surface area contributed by atoms with Crippen molar-refractivity contribution < 1.29 is 19.4 Å². The van der Waals surface area contributed by atoms with E-state index in [4.69, 9.17) is 4.74 Å². The van der Waals surface area contributed by atoms with Gasteiger partial charge >= 0.3 is 6.09 Å². The molecule has 0 radical (unpaired) electrons. The summed E-state index contributed by atoms with van der Waals surface area (Å²) in [6.07, 6.45) is -0.0116. The summed E-state index contributed by atoms with van der Waals surface area (Å²) >= 11 is 0. The number of amides is 2. The predicted octanol–water partition coefficient (Wildman–Crippen LogP) is 5.07. The van der Waals surface area contributed by atoms with Gasteiger partial charge in [-0.2, -0.15) is 0 Å². The van der Waals surface area contributed by atoms with Crippen molar-refractivity contribution in [2.24, 2.45) is 0 Å². The molecule has 1 aliphatic heterocycles. The number of hydrogen-bond donors (Lipinski definition) is 2. The van der Waals surface area contributed by atoms with Crippen LogP contribution in [0.15, 0.2) is 84.9 Å². The molecule has 0 spiro atoms. The molecule has 7 heteroatoms. The van der Waals surface area contributed by atoms with Crippen LogP contribution in [0.1, 0.15) is 54.2 Å². The molecule has 2 amide bonds. The van der Waals surface area contributed by atoms with Crippen molar-refractivity contribution in [1.82, 2.24) is 15.1 Å². The quantitative estimate of drug-likeness (QED) is 0.364. The Hall–Kier alpha value is -3.68. The van der Waals surface area contributed by atoms with Crippen LogP contribution in [0, 0.1) is 0 Å². The van der Waals surface area contributed by atoms with Crippen LogP contribution in [-0.4, -0.2) is 70.8 Å². The second-order valence-electron chi connectivity index (χ2n) is 11.8. The number of alkyl carbamates (subject to hydrolysis) is 1. The van der Waals surface area contributed by atoms with Crippen LogP contribution in [0.4, 0.5) is 4.79 Å². The summed E-state index contributed by atoms with van der Waals surface area (Å²) < 4.78 is 5.46. The van der Waals surface area contributed by atoms with Gasteiger partial charge < -0.3 is 20.1 Å². The highest BCUT2D eigenvalue weighted by Gasteiger charge is 2.27. The average molecular weight is 558 g/mol. The minimum Gasteiger partial charge on any atom is -0.444 e. The monoisotopic (exact) mass is 557 g/mol. The van der Waals surface area contributed by atoms with E-state index in [0.717, 1.165) is 30.8 Å². The van der Waals surface area contributed by atoms with Gasteiger partial charge in [0.15, 0.2) is 0 Å². The molecule has 218 valence electrons. The number of aliphatic hydroxyl groups excluding tert-OH is 1. The molecule has 2 unspecified atom stereocenters. The summed E-state index contributed by atoms with van der Waals surface area (Å²) in [7, 11) is 0. The molecule has 0 saturated carbocycles. The molecule has 2 atom stereocenters. The summed E-state index contributed by atoms with van der Waals surface area (Å²) in [5.74, 6) is 0.0298. The third kappa shape index (κ3) is 9.44. The summed E-state index contributed by atoms with van der Waals surface area (Å²) in [5, 5.41) is 14.1. The SMILES string of the molecule is CC(C)(C)OC(=O)NC(Cc1ccccc1)C(O)CCc1ccccc1C(=O)N1CCN(Cc2ccccc2)CC1. The first kappa shape index (κ1) is 30.3. The van der Waals surface area contributed by atoms with Crippen LogP contribution in [0.25, 0.3) is 0 Å². The molecule has 0 bridgehead atoms. The number of ether oxygens (including phenoxy) is 1. The Kier molecular flexibility index (Phi) is 10.6. The van der Waals surface area contributed by atoms with E-state index in [1.807, 2.05) is 86.3 Å². The maximum absolute atomic E-state index is 13.6. The van der Waals surface area contributed by atoms with Gasteiger partial charge in [0.25, 0.3) is 5.91 Å². The highest BCUT2D eigenvalue weighted by atomic mass is 16.6. The van der Waals surface area contributed by atoms with Gasteiger partial charge in [0.05, 0.1) is 12.1 Å². The number of rotatable bonds is 10. The zero-order valence-electron chi connectivity index (χ0n) is 24.5. The Labute approximate surface area is 244 Å². The predicted molar refractivity (Wildman–Crippen MR) is 162 cm³/mol. The molecule has 3 aromatic carbocycles. The third-order valence-electron chi connectivity index (χ3n) is 7.33. The Bertz CT molecular complexity index is 1250. The minimum absolute atomic E-state index is 0.0298. The molecule has 41 heavy (non-hydrogen) atoms. The van der Waals surface area contributed by atoms with E-state index >= 15 is 0 Å². The highest BCUT2D eigenvalue weighted by molar-refractivity contribution is 5.95. The smallest absolute Gasteiger partial charge is 0.407 e. The molecule has 2 N–H and O–H groups in total. The first-order valence-electron chi connectivity index (χ1n) is 14.5. The van der Waals surface area contributed by atoms with E-state index in [0.29, 0.717) is 37.9 Å². The van der Waals surface area contributed by atoms with Gasteiger partial charge in [0.2, 0.25) is 0 Å². The maximum atomic E-state index is 13.6. The van der Waals surface area contributed by atoms with Gasteiger partial charge in [0.1, 0.15) is 5.60 Å². The number of nitrogens with one attached hydrogen (secondary N) is 1. The van der Waals surface area contributed by atoms with E-state index < -0.39 is 23.8 Å². The molecule has 1 aliphatic rings. The lowest BCUT2D eigenvalue weighted by molar-refractivity contribution is 0.0414. The Morgan fingerprint density at radius 2 is 1.44 bits per heavy atom. The fourth-order valence-electron chi connectivity index (χ4n) is 5.18. The van der Waals surface area contributed by atoms with Gasteiger partial charge in [0, 0.05) is 38.3 Å².